The summed E-state index contributed by atoms with van der Waals surface area (Å²) in [5, 5.41) is 12.1. The molecule has 30 heavy (non-hydrogen) atoms. The van der Waals surface area contributed by atoms with Crippen LogP contribution in [-0.2, 0) is 19.0 Å². The average molecular weight is 541 g/mol. The van der Waals surface area contributed by atoms with E-state index >= 15 is 0 Å². The summed E-state index contributed by atoms with van der Waals surface area (Å²) in [5.74, 6) is 3.95. The Balaban J connectivity index is 0.00000256. The highest BCUT2D eigenvalue weighted by Crippen LogP contribution is 2.50. The van der Waals surface area contributed by atoms with Crippen LogP contribution in [0, 0.1) is 6.92 Å². The highest BCUT2D eigenvalue weighted by molar-refractivity contribution is 14.0. The highest BCUT2D eigenvalue weighted by Gasteiger charge is 2.45. The number of fused-ring (bicyclic) bond motifs is 2. The van der Waals surface area contributed by atoms with Crippen LogP contribution < -0.4 is 10.2 Å². The number of hydrogen-bond acceptors (Lipinski definition) is 4. The van der Waals surface area contributed by atoms with Gasteiger partial charge in [-0.3, -0.25) is 0 Å². The molecular formula is C22H33IN6S. The van der Waals surface area contributed by atoms with Crippen molar-refractivity contribution in [3.8, 4) is 0 Å². The number of aryl methyl sites for hydroxylation is 1. The van der Waals surface area contributed by atoms with Gasteiger partial charge in [-0.05, 0) is 49.8 Å². The number of rotatable bonds is 6. The summed E-state index contributed by atoms with van der Waals surface area (Å²) in [6.07, 6.45) is 8.50. The number of hydrogen-bond donors (Lipinski definition) is 1. The lowest BCUT2D eigenvalue weighted by molar-refractivity contribution is 0.478. The van der Waals surface area contributed by atoms with Crippen molar-refractivity contribution in [3.63, 3.8) is 0 Å². The maximum Gasteiger partial charge on any atom is 0.198 e. The number of halogens is 1. The first-order valence-electron chi connectivity index (χ1n) is 10.6. The van der Waals surface area contributed by atoms with Gasteiger partial charge >= 0.3 is 0 Å². The number of aliphatic imine (C=N–C) groups is 1. The van der Waals surface area contributed by atoms with Crippen LogP contribution in [0.4, 0.5) is 5.69 Å². The number of guanidine groups is 1. The van der Waals surface area contributed by atoms with E-state index in [1.807, 2.05) is 30.3 Å². The van der Waals surface area contributed by atoms with E-state index in [-0.39, 0.29) is 24.0 Å². The van der Waals surface area contributed by atoms with Gasteiger partial charge in [0.2, 0.25) is 0 Å². The zero-order chi connectivity index (χ0) is 20.3. The monoisotopic (exact) mass is 540 g/mol. The molecule has 1 aliphatic heterocycles. The molecule has 1 fully saturated rings. The largest absolute Gasteiger partial charge is 0.356 e. The summed E-state index contributed by atoms with van der Waals surface area (Å²) >= 11 is 1.89. The van der Waals surface area contributed by atoms with Crippen molar-refractivity contribution >= 4 is 47.4 Å². The molecule has 1 spiro atoms. The standard InChI is InChI=1S/C22H32N6S.HI/c1-17-25-26-20(27(17)2)15-24-21(23-13-8-14-29-3)28-16-22(11-6-7-12-22)18-9-4-5-10-19(18)28;/h4-5,9-10H,6-8,11-16H2,1-3H3,(H,23,24);1H. The van der Waals surface area contributed by atoms with E-state index in [4.69, 9.17) is 4.99 Å². The molecule has 8 heteroatoms. The minimum Gasteiger partial charge on any atom is -0.356 e. The molecule has 6 nitrogen and oxygen atoms in total. The van der Waals surface area contributed by atoms with Crippen LogP contribution in [0.2, 0.25) is 0 Å². The summed E-state index contributed by atoms with van der Waals surface area (Å²) in [5.41, 5.74) is 3.12. The molecule has 4 rings (SSSR count). The zero-order valence-electron chi connectivity index (χ0n) is 18.2. The van der Waals surface area contributed by atoms with Crippen molar-refractivity contribution in [3.05, 3.63) is 41.5 Å². The second-order valence-corrected chi connectivity index (χ2v) is 9.21. The predicted molar refractivity (Wildman–Crippen MR) is 137 cm³/mol. The molecule has 1 saturated carbocycles. The topological polar surface area (TPSA) is 58.3 Å². The fourth-order valence-electron chi connectivity index (χ4n) is 4.69. The Bertz CT molecular complexity index is 874. The van der Waals surface area contributed by atoms with Crippen LogP contribution in [-0.4, -0.2) is 45.8 Å². The van der Waals surface area contributed by atoms with Crippen LogP contribution in [0.25, 0.3) is 0 Å². The van der Waals surface area contributed by atoms with E-state index in [1.165, 1.54) is 36.9 Å². The Morgan fingerprint density at radius 2 is 2.00 bits per heavy atom. The average Bonchev–Trinajstić information content (AvgIpc) is 3.43. The SMILES string of the molecule is CSCCCNC(=NCc1nnc(C)n1C)N1CC2(CCCC2)c2ccccc21.I. The Morgan fingerprint density at radius 1 is 1.23 bits per heavy atom. The molecule has 0 bridgehead atoms. The Labute approximate surface area is 201 Å². The molecule has 0 radical (unpaired) electrons. The molecule has 0 saturated heterocycles. The molecule has 0 atom stereocenters. The third-order valence-corrected chi connectivity index (χ3v) is 7.10. The third-order valence-electron chi connectivity index (χ3n) is 6.40. The molecule has 0 unspecified atom stereocenters. The molecule has 1 aromatic carbocycles. The van der Waals surface area contributed by atoms with Gasteiger partial charge in [-0.1, -0.05) is 31.0 Å². The first-order valence-corrected chi connectivity index (χ1v) is 12.0. The number of nitrogens with one attached hydrogen (secondary N) is 1. The second kappa shape index (κ2) is 10.3. The Morgan fingerprint density at radius 3 is 2.70 bits per heavy atom. The van der Waals surface area contributed by atoms with Gasteiger partial charge in [0.25, 0.3) is 0 Å². The van der Waals surface area contributed by atoms with Gasteiger partial charge < -0.3 is 14.8 Å². The van der Waals surface area contributed by atoms with Crippen molar-refractivity contribution in [2.24, 2.45) is 12.0 Å². The summed E-state index contributed by atoms with van der Waals surface area (Å²) in [4.78, 5) is 7.42. The van der Waals surface area contributed by atoms with E-state index in [9.17, 15) is 0 Å². The second-order valence-electron chi connectivity index (χ2n) is 8.23. The maximum atomic E-state index is 5.00. The highest BCUT2D eigenvalue weighted by atomic mass is 127. The minimum atomic E-state index is 0. The van der Waals surface area contributed by atoms with Gasteiger partial charge in [0.15, 0.2) is 11.8 Å². The molecule has 2 aromatic rings. The van der Waals surface area contributed by atoms with Crippen molar-refractivity contribution in [2.45, 2.75) is 51.0 Å². The van der Waals surface area contributed by atoms with Gasteiger partial charge in [-0.15, -0.1) is 34.2 Å². The molecular weight excluding hydrogens is 507 g/mol. The van der Waals surface area contributed by atoms with Gasteiger partial charge in [0.1, 0.15) is 12.4 Å². The van der Waals surface area contributed by atoms with Crippen LogP contribution in [0.3, 0.4) is 0 Å². The molecule has 2 heterocycles. The van der Waals surface area contributed by atoms with E-state index in [0.29, 0.717) is 12.0 Å². The lowest BCUT2D eigenvalue weighted by Crippen LogP contribution is -2.44. The number of nitrogens with zero attached hydrogens (tertiary/aromatic N) is 5. The van der Waals surface area contributed by atoms with Gasteiger partial charge in [0, 0.05) is 31.2 Å². The van der Waals surface area contributed by atoms with Crippen molar-refractivity contribution < 1.29 is 0 Å². The van der Waals surface area contributed by atoms with Crippen LogP contribution in [0.15, 0.2) is 29.3 Å². The normalized spacial score (nSPS) is 17.3. The van der Waals surface area contributed by atoms with Crippen molar-refractivity contribution in [1.29, 1.82) is 0 Å². The van der Waals surface area contributed by atoms with Gasteiger partial charge in [-0.25, -0.2) is 4.99 Å². The molecule has 164 valence electrons. The van der Waals surface area contributed by atoms with Crippen LogP contribution in [0.5, 0.6) is 0 Å². The summed E-state index contributed by atoms with van der Waals surface area (Å²) in [7, 11) is 2.00. The lowest BCUT2D eigenvalue weighted by atomic mass is 9.81. The number of benzene rings is 1. The van der Waals surface area contributed by atoms with E-state index in [2.05, 4.69) is 50.9 Å². The molecule has 1 N–H and O–H groups in total. The number of aromatic nitrogens is 3. The van der Waals surface area contributed by atoms with Crippen molar-refractivity contribution in [1.82, 2.24) is 20.1 Å². The Kier molecular flexibility index (Phi) is 8.06. The molecule has 1 aliphatic carbocycles. The predicted octanol–water partition coefficient (Wildman–Crippen LogP) is 4.27. The van der Waals surface area contributed by atoms with E-state index < -0.39 is 0 Å². The van der Waals surface area contributed by atoms with Crippen LogP contribution >= 0.6 is 35.7 Å². The minimum absolute atomic E-state index is 0. The fraction of sp³-hybridized carbons (Fsp3) is 0.591. The smallest absolute Gasteiger partial charge is 0.198 e. The van der Waals surface area contributed by atoms with Gasteiger partial charge in [-0.2, -0.15) is 11.8 Å². The quantitative estimate of drug-likeness (QED) is 0.257. The number of para-hydroxylation sites is 1. The van der Waals surface area contributed by atoms with Crippen LogP contribution in [0.1, 0.15) is 49.3 Å². The number of anilines is 1. The molecule has 2 aliphatic rings. The molecule has 1 aromatic heterocycles. The third kappa shape index (κ3) is 4.64. The van der Waals surface area contributed by atoms with E-state index in [0.717, 1.165) is 42.9 Å². The molecule has 0 amide bonds. The Hall–Kier alpha value is -1.29. The maximum absolute atomic E-state index is 5.00. The lowest BCUT2D eigenvalue weighted by Gasteiger charge is -2.27. The first-order chi connectivity index (χ1) is 14.1. The summed E-state index contributed by atoms with van der Waals surface area (Å²) in [6.45, 7) is 4.47. The summed E-state index contributed by atoms with van der Waals surface area (Å²) in [6, 6.07) is 8.93. The fourth-order valence-corrected chi connectivity index (χ4v) is 5.12. The zero-order valence-corrected chi connectivity index (χ0v) is 21.4. The number of thioether (sulfide) groups is 1. The van der Waals surface area contributed by atoms with E-state index in [1.54, 1.807) is 0 Å². The first kappa shape index (κ1) is 23.4. The van der Waals surface area contributed by atoms with Crippen molar-refractivity contribution in [2.75, 3.05) is 30.0 Å². The van der Waals surface area contributed by atoms with Gasteiger partial charge in [0.05, 0.1) is 0 Å². The summed E-state index contributed by atoms with van der Waals surface area (Å²) < 4.78 is 2.02.